The minimum Gasteiger partial charge on any atom is -0.366 e. The number of halogens is 1. The number of hydrogen-bond donors (Lipinski definition) is 0. The minimum absolute atomic E-state index is 0.0376. The van der Waals surface area contributed by atoms with E-state index in [2.05, 4.69) is 0 Å². The van der Waals surface area contributed by atoms with E-state index in [1.165, 1.54) is 28.7 Å². The van der Waals surface area contributed by atoms with Crippen LogP contribution in [0.15, 0.2) is 34.0 Å². The highest BCUT2D eigenvalue weighted by atomic mass is 19.1. The summed E-state index contributed by atoms with van der Waals surface area (Å²) in [5.41, 5.74) is -0.877. The topological polar surface area (TPSA) is 108 Å². The number of ketones is 1. The van der Waals surface area contributed by atoms with Crippen molar-refractivity contribution in [2.75, 3.05) is 31.1 Å². The van der Waals surface area contributed by atoms with Crippen LogP contribution < -0.4 is 16.1 Å². The van der Waals surface area contributed by atoms with E-state index in [0.29, 0.717) is 24.3 Å². The Hall–Kier alpha value is -3.74. The Morgan fingerprint density at radius 2 is 1.84 bits per heavy atom. The Bertz CT molecular complexity index is 1250. The van der Waals surface area contributed by atoms with Crippen molar-refractivity contribution in [2.45, 2.75) is 32.4 Å². The van der Waals surface area contributed by atoms with Crippen LogP contribution in [0, 0.1) is 17.1 Å². The summed E-state index contributed by atoms with van der Waals surface area (Å²) in [6.45, 7) is 2.23. The quantitative estimate of drug-likeness (QED) is 0.641. The van der Waals surface area contributed by atoms with Crippen LogP contribution in [0.5, 0.6) is 0 Å². The van der Waals surface area contributed by atoms with Crippen LogP contribution >= 0.6 is 0 Å². The van der Waals surface area contributed by atoms with Gasteiger partial charge in [-0.3, -0.25) is 19.0 Å². The van der Waals surface area contributed by atoms with Crippen molar-refractivity contribution < 1.29 is 14.0 Å². The minimum atomic E-state index is -0.769. The Labute approximate surface area is 182 Å². The van der Waals surface area contributed by atoms with Crippen LogP contribution in [-0.4, -0.2) is 51.9 Å². The van der Waals surface area contributed by atoms with Gasteiger partial charge in [-0.1, -0.05) is 0 Å². The monoisotopic (exact) mass is 439 g/mol. The maximum Gasteiger partial charge on any atom is 0.331 e. The summed E-state index contributed by atoms with van der Waals surface area (Å²) in [6.07, 6.45) is 2.86. The number of carbonyl (C=O) groups excluding carboxylic acids is 2. The van der Waals surface area contributed by atoms with Crippen LogP contribution in [0.25, 0.3) is 0 Å². The number of nitriles is 1. The van der Waals surface area contributed by atoms with Gasteiger partial charge in [0.15, 0.2) is 5.78 Å². The molecular weight excluding hydrogens is 417 g/mol. The van der Waals surface area contributed by atoms with Gasteiger partial charge in [-0.2, -0.15) is 5.26 Å². The van der Waals surface area contributed by atoms with Crippen LogP contribution in [0.3, 0.4) is 0 Å². The van der Waals surface area contributed by atoms with E-state index < -0.39 is 29.5 Å². The number of rotatable bonds is 5. The van der Waals surface area contributed by atoms with E-state index in [-0.39, 0.29) is 30.5 Å². The summed E-state index contributed by atoms with van der Waals surface area (Å²) in [6, 6.07) is 6.08. The standard InChI is InChI=1S/C22H22FN5O4/c1-14(29)15-2-5-19(18(23)10-15)25-6-8-26(9-7-25)20(30)13-28-21(31)16(11-24)12-27(22(28)32)17-3-4-17/h2,5,10,12,17H,3-4,6-9,13H2,1H3. The fourth-order valence-electron chi connectivity index (χ4n) is 3.87. The van der Waals surface area contributed by atoms with E-state index in [1.54, 1.807) is 23.1 Å². The molecule has 2 aromatic rings. The first-order valence-corrected chi connectivity index (χ1v) is 10.4. The number of Topliss-reactive ketones (excluding diaryl/α,β-unsaturated/α-hetero) is 1. The van der Waals surface area contributed by atoms with Gasteiger partial charge in [-0.05, 0) is 38.0 Å². The van der Waals surface area contributed by atoms with Crippen molar-refractivity contribution in [1.29, 1.82) is 5.26 Å². The molecular formula is C22H22FN5O4. The number of hydrogen-bond acceptors (Lipinski definition) is 6. The van der Waals surface area contributed by atoms with Crippen LogP contribution in [0.4, 0.5) is 10.1 Å². The van der Waals surface area contributed by atoms with Gasteiger partial charge in [-0.15, -0.1) is 0 Å². The van der Waals surface area contributed by atoms with E-state index in [4.69, 9.17) is 0 Å². The van der Waals surface area contributed by atoms with Gasteiger partial charge in [0.2, 0.25) is 5.91 Å². The number of carbonyl (C=O) groups is 2. The fourth-order valence-corrected chi connectivity index (χ4v) is 3.87. The zero-order valence-corrected chi connectivity index (χ0v) is 17.6. The zero-order chi connectivity index (χ0) is 23.0. The lowest BCUT2D eigenvalue weighted by molar-refractivity contribution is -0.132. The first-order chi connectivity index (χ1) is 15.3. The third-order valence-corrected chi connectivity index (χ3v) is 5.88. The average Bonchev–Trinajstić information content (AvgIpc) is 3.62. The highest BCUT2D eigenvalue weighted by Gasteiger charge is 2.29. The number of nitrogens with zero attached hydrogens (tertiary/aromatic N) is 5. The second-order valence-electron chi connectivity index (χ2n) is 8.06. The molecule has 0 atom stereocenters. The van der Waals surface area contributed by atoms with Crippen LogP contribution in [0.1, 0.15) is 41.7 Å². The molecule has 1 aliphatic carbocycles. The molecule has 1 saturated heterocycles. The average molecular weight is 439 g/mol. The Balaban J connectivity index is 1.47. The molecule has 32 heavy (non-hydrogen) atoms. The maximum atomic E-state index is 14.4. The van der Waals surface area contributed by atoms with Gasteiger partial charge in [0.05, 0.1) is 5.69 Å². The van der Waals surface area contributed by atoms with Gasteiger partial charge in [-0.25, -0.2) is 13.8 Å². The van der Waals surface area contributed by atoms with Crippen molar-refractivity contribution in [3.05, 3.63) is 62.2 Å². The summed E-state index contributed by atoms with van der Waals surface area (Å²) in [7, 11) is 0. The zero-order valence-electron chi connectivity index (χ0n) is 17.6. The smallest absolute Gasteiger partial charge is 0.331 e. The van der Waals surface area contributed by atoms with Gasteiger partial charge < -0.3 is 9.80 Å². The van der Waals surface area contributed by atoms with E-state index >= 15 is 0 Å². The summed E-state index contributed by atoms with van der Waals surface area (Å²) < 4.78 is 16.6. The third kappa shape index (κ3) is 4.06. The molecule has 1 aromatic heterocycles. The molecule has 4 rings (SSSR count). The van der Waals surface area contributed by atoms with Crippen molar-refractivity contribution in [3.63, 3.8) is 0 Å². The summed E-state index contributed by atoms with van der Waals surface area (Å²) in [5.74, 6) is -1.13. The van der Waals surface area contributed by atoms with Crippen LogP contribution in [0.2, 0.25) is 0 Å². The highest BCUT2D eigenvalue weighted by molar-refractivity contribution is 5.94. The van der Waals surface area contributed by atoms with Gasteiger partial charge in [0.1, 0.15) is 24.0 Å². The molecule has 0 unspecified atom stereocenters. The summed E-state index contributed by atoms with van der Waals surface area (Å²) in [5, 5.41) is 9.22. The molecule has 1 aliphatic heterocycles. The molecule has 1 aromatic carbocycles. The lowest BCUT2D eigenvalue weighted by Crippen LogP contribution is -2.52. The molecule has 10 heteroatoms. The highest BCUT2D eigenvalue weighted by Crippen LogP contribution is 2.33. The Morgan fingerprint density at radius 1 is 1.16 bits per heavy atom. The molecule has 2 fully saturated rings. The predicted molar refractivity (Wildman–Crippen MR) is 113 cm³/mol. The van der Waals surface area contributed by atoms with Crippen molar-refractivity contribution in [1.82, 2.24) is 14.0 Å². The van der Waals surface area contributed by atoms with Gasteiger partial charge in [0, 0.05) is 44.0 Å². The first kappa shape index (κ1) is 21.5. The number of aromatic nitrogens is 2. The van der Waals surface area contributed by atoms with Crippen molar-refractivity contribution in [3.8, 4) is 6.07 Å². The molecule has 2 heterocycles. The number of anilines is 1. The van der Waals surface area contributed by atoms with E-state index in [9.17, 15) is 28.8 Å². The Morgan fingerprint density at radius 3 is 2.41 bits per heavy atom. The predicted octanol–water partition coefficient (Wildman–Crippen LogP) is 0.907. The molecule has 0 radical (unpaired) electrons. The summed E-state index contributed by atoms with van der Waals surface area (Å²) in [4.78, 5) is 52.7. The second-order valence-corrected chi connectivity index (χ2v) is 8.06. The normalized spacial score (nSPS) is 16.0. The maximum absolute atomic E-state index is 14.4. The third-order valence-electron chi connectivity index (χ3n) is 5.88. The van der Waals surface area contributed by atoms with Crippen molar-refractivity contribution >= 4 is 17.4 Å². The first-order valence-electron chi connectivity index (χ1n) is 10.4. The lowest BCUT2D eigenvalue weighted by atomic mass is 10.1. The molecule has 1 saturated carbocycles. The van der Waals surface area contributed by atoms with E-state index in [1.807, 2.05) is 0 Å². The molecule has 0 N–H and O–H groups in total. The van der Waals surface area contributed by atoms with E-state index in [0.717, 1.165) is 17.4 Å². The number of amides is 1. The SMILES string of the molecule is CC(=O)c1ccc(N2CCN(C(=O)Cn3c(=O)c(C#N)cn(C4CC4)c3=O)CC2)c(F)c1. The molecule has 9 nitrogen and oxygen atoms in total. The molecule has 0 spiro atoms. The number of benzene rings is 1. The molecule has 0 bridgehead atoms. The lowest BCUT2D eigenvalue weighted by Gasteiger charge is -2.36. The van der Waals surface area contributed by atoms with Crippen molar-refractivity contribution in [2.24, 2.45) is 0 Å². The molecule has 166 valence electrons. The van der Waals surface area contributed by atoms with Crippen LogP contribution in [-0.2, 0) is 11.3 Å². The largest absolute Gasteiger partial charge is 0.366 e. The molecule has 1 amide bonds. The van der Waals surface area contributed by atoms with Gasteiger partial charge in [0.25, 0.3) is 5.56 Å². The Kier molecular flexibility index (Phi) is 5.65. The molecule has 2 aliphatic rings. The summed E-state index contributed by atoms with van der Waals surface area (Å²) >= 11 is 0. The van der Waals surface area contributed by atoms with Gasteiger partial charge >= 0.3 is 5.69 Å². The fraction of sp³-hybridized carbons (Fsp3) is 0.409. The second kappa shape index (κ2) is 8.42. The number of piperazine rings is 1.